The van der Waals surface area contributed by atoms with Crippen molar-refractivity contribution in [2.45, 2.75) is 25.0 Å². The Balaban J connectivity index is 1.56. The molecule has 2 aliphatic heterocycles. The normalized spacial score (nSPS) is 23.1. The Kier molecular flexibility index (Phi) is 2.58. The molecular weight excluding hydrogens is 272 g/mol. The zero-order valence-electron chi connectivity index (χ0n) is 12.3. The molecule has 3 heteroatoms. The van der Waals surface area contributed by atoms with Crippen molar-refractivity contribution in [1.82, 2.24) is 10.3 Å². The van der Waals surface area contributed by atoms with E-state index >= 15 is 0 Å². The van der Waals surface area contributed by atoms with Crippen molar-refractivity contribution < 1.29 is 4.74 Å². The van der Waals surface area contributed by atoms with Gasteiger partial charge in [0.05, 0.1) is 6.04 Å². The van der Waals surface area contributed by atoms with Crippen molar-refractivity contribution in [3.8, 4) is 5.75 Å². The Bertz CT molecular complexity index is 827. The summed E-state index contributed by atoms with van der Waals surface area (Å²) in [6.45, 7) is 1.01. The number of aromatic nitrogens is 1. The number of aromatic amines is 1. The van der Waals surface area contributed by atoms with Gasteiger partial charge in [0.2, 0.25) is 0 Å². The molecule has 3 nitrogen and oxygen atoms in total. The minimum absolute atomic E-state index is 0.171. The predicted molar refractivity (Wildman–Crippen MR) is 87.3 cm³/mol. The molecule has 0 radical (unpaired) electrons. The fourth-order valence-electron chi connectivity index (χ4n) is 3.92. The van der Waals surface area contributed by atoms with Gasteiger partial charge in [0.25, 0.3) is 0 Å². The van der Waals surface area contributed by atoms with Crippen molar-refractivity contribution in [1.29, 1.82) is 0 Å². The van der Waals surface area contributed by atoms with Crippen molar-refractivity contribution in [3.63, 3.8) is 0 Å². The van der Waals surface area contributed by atoms with Crippen LogP contribution >= 0.6 is 0 Å². The largest absolute Gasteiger partial charge is 0.488 e. The van der Waals surface area contributed by atoms with Crippen molar-refractivity contribution in [3.05, 3.63) is 65.4 Å². The van der Waals surface area contributed by atoms with E-state index in [9.17, 15) is 0 Å². The highest BCUT2D eigenvalue weighted by atomic mass is 16.5. The van der Waals surface area contributed by atoms with Gasteiger partial charge in [0, 0.05) is 29.6 Å². The van der Waals surface area contributed by atoms with Crippen LogP contribution in [0.1, 0.15) is 22.9 Å². The van der Waals surface area contributed by atoms with Crippen LogP contribution in [0.15, 0.2) is 48.5 Å². The van der Waals surface area contributed by atoms with Crippen molar-refractivity contribution in [2.24, 2.45) is 0 Å². The maximum atomic E-state index is 6.22. The van der Waals surface area contributed by atoms with E-state index in [0.717, 1.165) is 25.1 Å². The molecule has 2 aromatic carbocycles. The Labute approximate surface area is 129 Å². The molecule has 0 fully saturated rings. The fraction of sp³-hybridized carbons (Fsp3) is 0.263. The van der Waals surface area contributed by atoms with Gasteiger partial charge >= 0.3 is 0 Å². The molecule has 110 valence electrons. The van der Waals surface area contributed by atoms with Crippen LogP contribution in [0.25, 0.3) is 10.9 Å². The molecule has 22 heavy (non-hydrogen) atoms. The second kappa shape index (κ2) is 4.62. The molecule has 0 aliphatic carbocycles. The van der Waals surface area contributed by atoms with Crippen LogP contribution in [0.3, 0.4) is 0 Å². The third-order valence-electron chi connectivity index (χ3n) is 4.94. The van der Waals surface area contributed by atoms with Crippen molar-refractivity contribution in [2.75, 3.05) is 6.54 Å². The van der Waals surface area contributed by atoms with Gasteiger partial charge in [0.1, 0.15) is 11.9 Å². The summed E-state index contributed by atoms with van der Waals surface area (Å²) in [5.41, 5.74) is 5.32. The number of fused-ring (bicyclic) bond motifs is 4. The first kappa shape index (κ1) is 12.3. The maximum absolute atomic E-state index is 6.22. The summed E-state index contributed by atoms with van der Waals surface area (Å²) in [6, 6.07) is 17.2. The molecule has 2 unspecified atom stereocenters. The first-order valence-electron chi connectivity index (χ1n) is 7.97. The van der Waals surface area contributed by atoms with Crippen LogP contribution in [-0.2, 0) is 12.8 Å². The van der Waals surface area contributed by atoms with Gasteiger partial charge in [-0.15, -0.1) is 0 Å². The highest BCUT2D eigenvalue weighted by molar-refractivity contribution is 5.85. The van der Waals surface area contributed by atoms with Crippen molar-refractivity contribution >= 4 is 10.9 Å². The number of rotatable bonds is 1. The summed E-state index contributed by atoms with van der Waals surface area (Å²) in [6.07, 6.45) is 2.22. The Hall–Kier alpha value is -2.26. The number of H-pyrrole nitrogens is 1. The molecule has 2 aliphatic rings. The van der Waals surface area contributed by atoms with E-state index in [1.807, 2.05) is 6.07 Å². The van der Waals surface area contributed by atoms with E-state index in [1.165, 1.54) is 27.7 Å². The van der Waals surface area contributed by atoms with Crippen LogP contribution in [-0.4, -0.2) is 17.6 Å². The van der Waals surface area contributed by atoms with Gasteiger partial charge < -0.3 is 15.0 Å². The smallest absolute Gasteiger partial charge is 0.124 e. The van der Waals surface area contributed by atoms with Crippen LogP contribution in [0.5, 0.6) is 5.75 Å². The fourth-order valence-corrected chi connectivity index (χ4v) is 3.92. The second-order valence-electron chi connectivity index (χ2n) is 6.21. The van der Waals surface area contributed by atoms with E-state index in [-0.39, 0.29) is 12.1 Å². The Morgan fingerprint density at radius 3 is 2.82 bits per heavy atom. The minimum atomic E-state index is 0.171. The molecule has 0 spiro atoms. The molecule has 0 bridgehead atoms. The summed E-state index contributed by atoms with van der Waals surface area (Å²) >= 11 is 0. The molecule has 0 saturated heterocycles. The average molecular weight is 290 g/mol. The van der Waals surface area contributed by atoms with Crippen LogP contribution in [0.2, 0.25) is 0 Å². The minimum Gasteiger partial charge on any atom is -0.488 e. The zero-order chi connectivity index (χ0) is 14.5. The van der Waals surface area contributed by atoms with Crippen LogP contribution in [0.4, 0.5) is 0 Å². The Morgan fingerprint density at radius 1 is 1.00 bits per heavy atom. The van der Waals surface area contributed by atoms with Crippen LogP contribution in [0, 0.1) is 0 Å². The SMILES string of the molecule is c1ccc2c(c1)CC(C1NCCc3c1[nH]c1ccccc31)O2. The third-order valence-corrected chi connectivity index (χ3v) is 4.94. The predicted octanol–water partition coefficient (Wildman–Crippen LogP) is 3.36. The zero-order valence-corrected chi connectivity index (χ0v) is 12.3. The lowest BCUT2D eigenvalue weighted by Gasteiger charge is -2.28. The lowest BCUT2D eigenvalue weighted by molar-refractivity contribution is 0.173. The molecule has 2 atom stereocenters. The lowest BCUT2D eigenvalue weighted by atomic mass is 9.94. The summed E-state index contributed by atoms with van der Waals surface area (Å²) < 4.78 is 6.22. The first-order chi connectivity index (χ1) is 10.9. The van der Waals surface area contributed by atoms with Gasteiger partial charge in [-0.1, -0.05) is 36.4 Å². The molecule has 0 amide bonds. The van der Waals surface area contributed by atoms with Gasteiger partial charge in [0.15, 0.2) is 0 Å². The topological polar surface area (TPSA) is 37.0 Å². The molecule has 3 aromatic rings. The molecule has 0 saturated carbocycles. The average Bonchev–Trinajstić information content (AvgIpc) is 3.15. The first-order valence-corrected chi connectivity index (χ1v) is 7.97. The molecule has 3 heterocycles. The number of hydrogen-bond donors (Lipinski definition) is 2. The van der Waals surface area contributed by atoms with E-state index in [4.69, 9.17) is 4.74 Å². The Morgan fingerprint density at radius 2 is 1.86 bits per heavy atom. The second-order valence-corrected chi connectivity index (χ2v) is 6.21. The summed E-state index contributed by atoms with van der Waals surface area (Å²) in [7, 11) is 0. The van der Waals surface area contributed by atoms with Gasteiger partial charge in [-0.3, -0.25) is 0 Å². The molecule has 2 N–H and O–H groups in total. The van der Waals surface area contributed by atoms with Crippen LogP contribution < -0.4 is 10.1 Å². The standard InChI is InChI=1S/C19H18N2O/c1-4-8-16-12(5-1)11-17(22-16)19-18-14(9-10-20-19)13-6-2-3-7-15(13)21-18/h1-8,17,19-21H,9-11H2. The number of benzene rings is 2. The number of ether oxygens (including phenoxy) is 1. The third kappa shape index (κ3) is 1.72. The maximum Gasteiger partial charge on any atom is 0.124 e. The number of nitrogens with one attached hydrogen (secondary N) is 2. The van der Waals surface area contributed by atoms with Gasteiger partial charge in [-0.2, -0.15) is 0 Å². The number of hydrogen-bond acceptors (Lipinski definition) is 2. The van der Waals surface area contributed by atoms with Gasteiger partial charge in [-0.25, -0.2) is 0 Å². The summed E-state index contributed by atoms with van der Waals surface area (Å²) in [4.78, 5) is 3.63. The molecule has 1 aromatic heterocycles. The molecular formula is C19H18N2O. The highest BCUT2D eigenvalue weighted by Gasteiger charge is 2.35. The van der Waals surface area contributed by atoms with Gasteiger partial charge in [-0.05, 0) is 29.7 Å². The number of para-hydroxylation sites is 2. The highest BCUT2D eigenvalue weighted by Crippen LogP contribution is 2.38. The quantitative estimate of drug-likeness (QED) is 0.721. The summed E-state index contributed by atoms with van der Waals surface area (Å²) in [5, 5.41) is 5.02. The molecule has 5 rings (SSSR count). The van der Waals surface area contributed by atoms with E-state index in [2.05, 4.69) is 52.8 Å². The monoisotopic (exact) mass is 290 g/mol. The lowest BCUT2D eigenvalue weighted by Crippen LogP contribution is -2.39. The summed E-state index contributed by atoms with van der Waals surface area (Å²) in [5.74, 6) is 1.04. The van der Waals surface area contributed by atoms with E-state index in [1.54, 1.807) is 0 Å². The van der Waals surface area contributed by atoms with E-state index < -0.39 is 0 Å². The van der Waals surface area contributed by atoms with E-state index in [0.29, 0.717) is 0 Å².